The van der Waals surface area contributed by atoms with Gasteiger partial charge in [0, 0.05) is 22.5 Å². The zero-order chi connectivity index (χ0) is 20.9. The number of nitrogens with one attached hydrogen (secondary N) is 2. The fraction of sp³-hybridized carbons (Fsp3) is 0.273. The standard InChI is InChI=1S/C22H18ClFN2O4/c23-15-6-5-14(8-16(15)24)29-9-19(27)25-21-10-22(11-21,12-21)26-20(28)18-7-13-3-1-2-4-17(13)30-18/h1-8H,9-12H2,(H,25,27)(H,26,28). The topological polar surface area (TPSA) is 80.6 Å². The van der Waals surface area contributed by atoms with Gasteiger partial charge in [-0.3, -0.25) is 9.59 Å². The number of furan rings is 1. The molecule has 6 nitrogen and oxygen atoms in total. The maximum absolute atomic E-state index is 13.4. The van der Waals surface area contributed by atoms with E-state index < -0.39 is 5.82 Å². The predicted molar refractivity (Wildman–Crippen MR) is 108 cm³/mol. The minimum atomic E-state index is -0.601. The molecule has 2 amide bonds. The molecule has 0 spiro atoms. The molecule has 3 aliphatic rings. The van der Waals surface area contributed by atoms with Crippen molar-refractivity contribution in [2.24, 2.45) is 0 Å². The number of fused-ring (bicyclic) bond motifs is 1. The Morgan fingerprint density at radius 2 is 1.80 bits per heavy atom. The van der Waals surface area contributed by atoms with Crippen LogP contribution in [0.1, 0.15) is 29.8 Å². The van der Waals surface area contributed by atoms with Crippen LogP contribution < -0.4 is 15.4 Å². The number of amides is 2. The first-order valence-electron chi connectivity index (χ1n) is 9.55. The first-order chi connectivity index (χ1) is 14.4. The molecule has 1 heterocycles. The van der Waals surface area contributed by atoms with Gasteiger partial charge in [0.2, 0.25) is 0 Å². The van der Waals surface area contributed by atoms with Crippen LogP contribution in [0, 0.1) is 5.82 Å². The summed E-state index contributed by atoms with van der Waals surface area (Å²) in [4.78, 5) is 24.7. The molecule has 0 unspecified atom stereocenters. The van der Waals surface area contributed by atoms with E-state index in [1.165, 1.54) is 12.1 Å². The van der Waals surface area contributed by atoms with Crippen LogP contribution in [0.4, 0.5) is 4.39 Å². The number of para-hydroxylation sites is 1. The summed E-state index contributed by atoms with van der Waals surface area (Å²) < 4.78 is 24.3. The molecule has 30 heavy (non-hydrogen) atoms. The van der Waals surface area contributed by atoms with Crippen LogP contribution in [0.2, 0.25) is 5.02 Å². The van der Waals surface area contributed by atoms with E-state index in [4.69, 9.17) is 20.8 Å². The summed E-state index contributed by atoms with van der Waals surface area (Å²) in [5, 5.41) is 6.86. The van der Waals surface area contributed by atoms with Crippen LogP contribution in [0.3, 0.4) is 0 Å². The summed E-state index contributed by atoms with van der Waals surface area (Å²) in [6.45, 7) is -0.221. The van der Waals surface area contributed by atoms with Gasteiger partial charge in [-0.15, -0.1) is 0 Å². The lowest BCUT2D eigenvalue weighted by atomic mass is 9.44. The first kappa shape index (κ1) is 18.9. The third kappa shape index (κ3) is 3.29. The molecule has 2 bridgehead atoms. The van der Waals surface area contributed by atoms with Crippen molar-refractivity contribution in [3.05, 3.63) is 65.1 Å². The number of hydrogen-bond donors (Lipinski definition) is 2. The second-order valence-corrected chi connectivity index (χ2v) is 8.51. The second-order valence-electron chi connectivity index (χ2n) is 8.11. The van der Waals surface area contributed by atoms with E-state index in [0.29, 0.717) is 24.8 Å². The Labute approximate surface area is 176 Å². The number of rotatable bonds is 6. The van der Waals surface area contributed by atoms with E-state index in [1.54, 1.807) is 6.07 Å². The molecule has 0 atom stereocenters. The maximum Gasteiger partial charge on any atom is 0.287 e. The molecule has 3 aromatic rings. The number of carbonyl (C=O) groups is 2. The van der Waals surface area contributed by atoms with Crippen molar-refractivity contribution < 1.29 is 23.1 Å². The highest BCUT2D eigenvalue weighted by atomic mass is 35.5. The first-order valence-corrected chi connectivity index (χ1v) is 9.93. The molecule has 3 fully saturated rings. The molecule has 3 saturated carbocycles. The van der Waals surface area contributed by atoms with Gasteiger partial charge in [0.1, 0.15) is 17.1 Å². The Hall–Kier alpha value is -3.06. The molecule has 6 rings (SSSR count). The molecule has 154 valence electrons. The van der Waals surface area contributed by atoms with Crippen molar-refractivity contribution in [3.8, 4) is 5.75 Å². The predicted octanol–water partition coefficient (Wildman–Crippen LogP) is 3.83. The van der Waals surface area contributed by atoms with Gasteiger partial charge in [-0.1, -0.05) is 29.8 Å². The molecular formula is C22H18ClFN2O4. The Morgan fingerprint density at radius 3 is 2.53 bits per heavy atom. The smallest absolute Gasteiger partial charge is 0.287 e. The van der Waals surface area contributed by atoms with Crippen LogP contribution in [0.25, 0.3) is 11.0 Å². The average molecular weight is 429 g/mol. The molecule has 0 saturated heterocycles. The monoisotopic (exact) mass is 428 g/mol. The average Bonchev–Trinajstić information content (AvgIpc) is 3.10. The van der Waals surface area contributed by atoms with E-state index in [0.717, 1.165) is 11.5 Å². The summed E-state index contributed by atoms with van der Waals surface area (Å²) in [6, 6.07) is 13.2. The van der Waals surface area contributed by atoms with E-state index in [1.807, 2.05) is 24.3 Å². The third-order valence-corrected chi connectivity index (χ3v) is 6.03. The van der Waals surface area contributed by atoms with Crippen LogP contribution in [0.15, 0.2) is 52.9 Å². The summed E-state index contributed by atoms with van der Waals surface area (Å²) in [5.74, 6) is -0.626. The van der Waals surface area contributed by atoms with Crippen molar-refractivity contribution in [3.63, 3.8) is 0 Å². The van der Waals surface area contributed by atoms with Crippen LogP contribution in [0.5, 0.6) is 5.75 Å². The molecule has 0 aliphatic heterocycles. The van der Waals surface area contributed by atoms with Crippen LogP contribution >= 0.6 is 11.6 Å². The Kier molecular flexibility index (Phi) is 4.25. The van der Waals surface area contributed by atoms with Gasteiger partial charge in [0.05, 0.1) is 5.02 Å². The number of ether oxygens (including phenoxy) is 1. The molecule has 3 aliphatic carbocycles. The molecule has 2 aromatic carbocycles. The van der Waals surface area contributed by atoms with Gasteiger partial charge in [0.25, 0.3) is 11.8 Å². The number of benzene rings is 2. The zero-order valence-electron chi connectivity index (χ0n) is 15.8. The highest BCUT2D eigenvalue weighted by Gasteiger charge is 2.69. The second kappa shape index (κ2) is 6.74. The quantitative estimate of drug-likeness (QED) is 0.625. The summed E-state index contributed by atoms with van der Waals surface area (Å²) in [5.41, 5.74) is 0.0561. The van der Waals surface area contributed by atoms with Gasteiger partial charge in [-0.25, -0.2) is 4.39 Å². The van der Waals surface area contributed by atoms with Crippen molar-refractivity contribution in [1.82, 2.24) is 10.6 Å². The van der Waals surface area contributed by atoms with Gasteiger partial charge < -0.3 is 19.8 Å². The molecule has 0 radical (unpaired) electrons. The lowest BCUT2D eigenvalue weighted by Gasteiger charge is -2.70. The fourth-order valence-corrected chi connectivity index (χ4v) is 4.61. The lowest BCUT2D eigenvalue weighted by molar-refractivity contribution is -0.141. The summed E-state index contributed by atoms with van der Waals surface area (Å²) in [7, 11) is 0. The SMILES string of the molecule is O=C(COc1ccc(Cl)c(F)c1)NC12CC(NC(=O)c3cc4ccccc4o3)(C1)C2. The normalized spacial score (nSPS) is 23.9. The fourth-order valence-electron chi connectivity index (χ4n) is 4.50. The van der Waals surface area contributed by atoms with E-state index in [2.05, 4.69) is 10.6 Å². The Balaban J connectivity index is 1.12. The molecule has 1 aromatic heterocycles. The van der Waals surface area contributed by atoms with Gasteiger partial charge in [-0.05, 0) is 43.5 Å². The Bertz CT molecular complexity index is 1120. The van der Waals surface area contributed by atoms with E-state index in [-0.39, 0.29) is 46.0 Å². The van der Waals surface area contributed by atoms with Gasteiger partial charge in [-0.2, -0.15) is 0 Å². The molecule has 8 heteroatoms. The highest BCUT2D eigenvalue weighted by Crippen LogP contribution is 2.60. The number of hydrogen-bond acceptors (Lipinski definition) is 4. The highest BCUT2D eigenvalue weighted by molar-refractivity contribution is 6.30. The summed E-state index contributed by atoms with van der Waals surface area (Å²) in [6.07, 6.45) is 1.98. The largest absolute Gasteiger partial charge is 0.484 e. The number of halogens is 2. The lowest BCUT2D eigenvalue weighted by Crippen LogP contribution is -2.84. The van der Waals surface area contributed by atoms with Crippen molar-refractivity contribution >= 4 is 34.4 Å². The summed E-state index contributed by atoms with van der Waals surface area (Å²) >= 11 is 5.63. The molecular weight excluding hydrogens is 411 g/mol. The maximum atomic E-state index is 13.4. The minimum Gasteiger partial charge on any atom is -0.484 e. The third-order valence-electron chi connectivity index (χ3n) is 5.72. The van der Waals surface area contributed by atoms with Crippen molar-refractivity contribution in [1.29, 1.82) is 0 Å². The number of carbonyl (C=O) groups excluding carboxylic acids is 2. The van der Waals surface area contributed by atoms with Gasteiger partial charge >= 0.3 is 0 Å². The van der Waals surface area contributed by atoms with Crippen molar-refractivity contribution in [2.45, 2.75) is 30.3 Å². The van der Waals surface area contributed by atoms with E-state index in [9.17, 15) is 14.0 Å². The van der Waals surface area contributed by atoms with Crippen molar-refractivity contribution in [2.75, 3.05) is 6.61 Å². The minimum absolute atomic E-state index is 0.00402. The molecule has 2 N–H and O–H groups in total. The van der Waals surface area contributed by atoms with Gasteiger partial charge in [0.15, 0.2) is 12.4 Å². The van der Waals surface area contributed by atoms with Crippen LogP contribution in [-0.2, 0) is 4.79 Å². The van der Waals surface area contributed by atoms with Crippen LogP contribution in [-0.4, -0.2) is 29.5 Å². The zero-order valence-corrected chi connectivity index (χ0v) is 16.6. The van der Waals surface area contributed by atoms with E-state index >= 15 is 0 Å². The Morgan fingerprint density at radius 1 is 1.07 bits per heavy atom.